The van der Waals surface area contributed by atoms with E-state index in [1.54, 1.807) is 17.9 Å². The Morgan fingerprint density at radius 3 is 2.55 bits per heavy atom. The lowest BCUT2D eigenvalue weighted by Crippen LogP contribution is -2.18. The van der Waals surface area contributed by atoms with Crippen molar-refractivity contribution in [3.63, 3.8) is 0 Å². The number of methoxy groups -OCH3 is 1. The van der Waals surface area contributed by atoms with E-state index in [1.165, 1.54) is 11.3 Å². The number of aromatic nitrogens is 5. The maximum atomic E-state index is 13.3. The van der Waals surface area contributed by atoms with Crippen LogP contribution < -0.4 is 15.6 Å². The number of thiazole rings is 1. The van der Waals surface area contributed by atoms with Crippen LogP contribution >= 0.6 is 11.3 Å². The van der Waals surface area contributed by atoms with E-state index in [2.05, 4.69) is 20.5 Å². The Morgan fingerprint density at radius 2 is 1.82 bits per heavy atom. The number of aryl methyl sites for hydroxylation is 1. The molecular weight excluding hydrogens is 550 g/mol. The summed E-state index contributed by atoms with van der Waals surface area (Å²) in [6, 6.07) is 16.7. The van der Waals surface area contributed by atoms with E-state index in [0.29, 0.717) is 57.9 Å². The Kier molecular flexibility index (Phi) is 8.07. The number of tetrazole rings is 1. The highest BCUT2D eigenvalue weighted by molar-refractivity contribution is 7.89. The minimum atomic E-state index is -4.23. The largest absolute Gasteiger partial charge is 0.497 e. The fourth-order valence-electron chi connectivity index (χ4n) is 4.78. The number of nitrogens with two attached hydrogens (primary N) is 2. The molecule has 0 bridgehead atoms. The third-order valence-corrected chi connectivity index (χ3v) is 8.49. The van der Waals surface area contributed by atoms with Gasteiger partial charge in [0.05, 0.1) is 28.8 Å². The number of para-hydroxylation sites is 1. The van der Waals surface area contributed by atoms with E-state index < -0.39 is 10.0 Å². The van der Waals surface area contributed by atoms with Crippen LogP contribution in [0.5, 0.6) is 5.75 Å². The first kappa shape index (κ1) is 27.6. The van der Waals surface area contributed by atoms with Gasteiger partial charge in [-0.3, -0.25) is 0 Å². The normalized spacial score (nSPS) is 11.8. The summed E-state index contributed by atoms with van der Waals surface area (Å²) in [6.45, 7) is 0.359. The van der Waals surface area contributed by atoms with Crippen LogP contribution in [0.3, 0.4) is 0 Å². The van der Waals surface area contributed by atoms with Crippen molar-refractivity contribution >= 4 is 36.7 Å². The van der Waals surface area contributed by atoms with Crippen LogP contribution in [-0.2, 0) is 23.0 Å². The minimum Gasteiger partial charge on any atom is -0.497 e. The summed E-state index contributed by atoms with van der Waals surface area (Å²) in [6.07, 6.45) is 2.50. The van der Waals surface area contributed by atoms with E-state index in [-0.39, 0.29) is 23.9 Å². The molecular formula is C27H29N7O4S2. The molecule has 0 aliphatic heterocycles. The number of nitrogen functional groups attached to an aromatic ring is 1. The molecule has 0 saturated carbocycles. The Labute approximate surface area is 235 Å². The number of nitrogens with zero attached hydrogens (tertiary/aromatic N) is 5. The molecule has 0 saturated heterocycles. The van der Waals surface area contributed by atoms with E-state index in [1.807, 2.05) is 48.5 Å². The zero-order chi connectivity index (χ0) is 28.3. The van der Waals surface area contributed by atoms with Gasteiger partial charge in [-0.25, -0.2) is 23.2 Å². The van der Waals surface area contributed by atoms with Gasteiger partial charge >= 0.3 is 0 Å². The molecule has 5 aromatic rings. The number of aliphatic hydroxyl groups is 1. The number of benzene rings is 3. The average molecular weight is 580 g/mol. The second kappa shape index (κ2) is 11.7. The van der Waals surface area contributed by atoms with Crippen LogP contribution in [-0.4, -0.2) is 52.4 Å². The summed E-state index contributed by atoms with van der Waals surface area (Å²) in [5.74, 6) is 0.969. The Bertz CT molecular complexity index is 1750. The van der Waals surface area contributed by atoms with Crippen LogP contribution in [0, 0.1) is 0 Å². The summed E-state index contributed by atoms with van der Waals surface area (Å²) in [5.41, 5.74) is 9.70. The maximum Gasteiger partial charge on any atom is 0.239 e. The molecule has 0 aliphatic carbocycles. The number of sulfonamides is 1. The zero-order valence-corrected chi connectivity index (χ0v) is 23.5. The van der Waals surface area contributed by atoms with Crippen LogP contribution in [0.1, 0.15) is 30.4 Å². The van der Waals surface area contributed by atoms with Crippen molar-refractivity contribution < 1.29 is 18.3 Å². The monoisotopic (exact) mass is 579 g/mol. The first-order chi connectivity index (χ1) is 19.3. The van der Waals surface area contributed by atoms with E-state index in [0.717, 1.165) is 16.7 Å². The van der Waals surface area contributed by atoms with Gasteiger partial charge in [0, 0.05) is 17.7 Å². The van der Waals surface area contributed by atoms with Gasteiger partial charge in [0.25, 0.3) is 0 Å². The number of anilines is 1. The quantitative estimate of drug-likeness (QED) is 0.198. The molecule has 5 rings (SSSR count). The minimum absolute atomic E-state index is 0.0278. The first-order valence-corrected chi connectivity index (χ1v) is 15.0. The van der Waals surface area contributed by atoms with Gasteiger partial charge in [0.1, 0.15) is 5.75 Å². The molecule has 0 amide bonds. The fourth-order valence-corrected chi connectivity index (χ4v) is 6.56. The molecule has 0 atom stereocenters. The lowest BCUT2D eigenvalue weighted by atomic mass is 9.94. The van der Waals surface area contributed by atoms with Crippen molar-refractivity contribution in [1.29, 1.82) is 0 Å². The van der Waals surface area contributed by atoms with Crippen LogP contribution in [0.15, 0.2) is 59.5 Å². The third-order valence-electron chi connectivity index (χ3n) is 6.60. The Morgan fingerprint density at radius 1 is 1.02 bits per heavy atom. The number of hydrogen-bond donors (Lipinski definition) is 3. The first-order valence-electron chi connectivity index (χ1n) is 12.6. The number of unbranched alkanes of at least 4 members (excludes halogenated alkanes) is 2. The van der Waals surface area contributed by atoms with E-state index in [9.17, 15) is 13.5 Å². The number of fused-ring (bicyclic) bond motifs is 1. The summed E-state index contributed by atoms with van der Waals surface area (Å²) >= 11 is 1.35. The van der Waals surface area contributed by atoms with Crippen molar-refractivity contribution in [2.45, 2.75) is 37.1 Å². The SMILES string of the molecule is COc1ccc(Cn2nnnc2-c2c(-c3cccc4sc(N)nc34)ccc(CCCCCO)c2S(N)(=O)=O)cc1. The molecule has 11 nitrogen and oxygen atoms in total. The third kappa shape index (κ3) is 5.68. The molecule has 2 aromatic heterocycles. The van der Waals surface area contributed by atoms with Crippen molar-refractivity contribution in [1.82, 2.24) is 25.2 Å². The van der Waals surface area contributed by atoms with Crippen LogP contribution in [0.2, 0.25) is 0 Å². The molecule has 13 heteroatoms. The van der Waals surface area contributed by atoms with Gasteiger partial charge in [-0.15, -0.1) is 5.10 Å². The summed E-state index contributed by atoms with van der Waals surface area (Å²) < 4.78 is 34.2. The predicted molar refractivity (Wildman–Crippen MR) is 154 cm³/mol. The van der Waals surface area contributed by atoms with Gasteiger partial charge in [0.15, 0.2) is 11.0 Å². The Balaban J connectivity index is 1.73. The Hall–Kier alpha value is -3.91. The van der Waals surface area contributed by atoms with Crippen molar-refractivity contribution in [2.75, 3.05) is 19.5 Å². The highest BCUT2D eigenvalue weighted by Gasteiger charge is 2.28. The second-order valence-corrected chi connectivity index (χ2v) is 11.8. The molecule has 0 unspecified atom stereocenters. The van der Waals surface area contributed by atoms with Gasteiger partial charge in [-0.1, -0.05) is 54.2 Å². The fraction of sp³-hybridized carbons (Fsp3) is 0.259. The van der Waals surface area contributed by atoms with Crippen molar-refractivity contribution in [3.05, 3.63) is 65.7 Å². The van der Waals surface area contributed by atoms with E-state index in [4.69, 9.17) is 15.6 Å². The number of primary sulfonamides is 1. The zero-order valence-electron chi connectivity index (χ0n) is 21.8. The van der Waals surface area contributed by atoms with Crippen molar-refractivity contribution in [2.24, 2.45) is 5.14 Å². The van der Waals surface area contributed by atoms with Crippen molar-refractivity contribution in [3.8, 4) is 28.3 Å². The molecule has 0 aliphatic rings. The highest BCUT2D eigenvalue weighted by Crippen LogP contribution is 2.41. The molecule has 5 N–H and O–H groups in total. The molecule has 40 heavy (non-hydrogen) atoms. The van der Waals surface area contributed by atoms with Gasteiger partial charge < -0.3 is 15.6 Å². The van der Waals surface area contributed by atoms with E-state index >= 15 is 0 Å². The van der Waals surface area contributed by atoms with Gasteiger partial charge in [0.2, 0.25) is 10.0 Å². The lowest BCUT2D eigenvalue weighted by Gasteiger charge is -2.18. The molecule has 3 aromatic carbocycles. The topological polar surface area (TPSA) is 172 Å². The average Bonchev–Trinajstić information content (AvgIpc) is 3.55. The molecule has 208 valence electrons. The highest BCUT2D eigenvalue weighted by atomic mass is 32.2. The van der Waals surface area contributed by atoms with Gasteiger partial charge in [-0.05, 0) is 64.6 Å². The molecule has 2 heterocycles. The summed E-state index contributed by atoms with van der Waals surface area (Å²) in [4.78, 5) is 4.50. The van der Waals surface area contributed by atoms with Crippen LogP contribution in [0.25, 0.3) is 32.7 Å². The second-order valence-electron chi connectivity index (χ2n) is 9.27. The summed E-state index contributed by atoms with van der Waals surface area (Å²) in [5, 5.41) is 27.9. The predicted octanol–water partition coefficient (Wildman–Crippen LogP) is 3.61. The van der Waals surface area contributed by atoms with Crippen LogP contribution in [0.4, 0.5) is 5.13 Å². The maximum absolute atomic E-state index is 13.3. The number of rotatable bonds is 11. The van der Waals surface area contributed by atoms with Gasteiger partial charge in [-0.2, -0.15) is 0 Å². The molecule has 0 fully saturated rings. The molecule has 0 radical (unpaired) electrons. The number of aliphatic hydroxyl groups excluding tert-OH is 1. The number of hydrogen-bond acceptors (Lipinski definition) is 10. The number of ether oxygens (including phenoxy) is 1. The summed E-state index contributed by atoms with van der Waals surface area (Å²) in [7, 11) is -2.63. The smallest absolute Gasteiger partial charge is 0.239 e. The lowest BCUT2D eigenvalue weighted by molar-refractivity contribution is 0.283. The molecule has 0 spiro atoms. The standard InChI is InChI=1S/C27H29N7O4S2/c1-38-19-12-9-17(10-13-19)16-34-26(31-32-33-34)23-20(21-7-5-8-22-24(21)30-27(28)39-22)14-11-18(6-3-2-4-15-35)25(23)40(29,36)37/h5,7-14,35H,2-4,6,15-16H2,1H3,(H2,28,30)(H2,29,36,37).